The third-order valence-electron chi connectivity index (χ3n) is 3.65. The van der Waals surface area contributed by atoms with Crippen LogP contribution in [0.5, 0.6) is 0 Å². The Morgan fingerprint density at radius 1 is 1.11 bits per heavy atom. The monoisotopic (exact) mass is 421 g/mol. The van der Waals surface area contributed by atoms with Crippen LogP contribution in [0.1, 0.15) is 15.4 Å². The van der Waals surface area contributed by atoms with Gasteiger partial charge in [0.25, 0.3) is 15.9 Å². The van der Waals surface area contributed by atoms with E-state index >= 15 is 0 Å². The number of hydrogen-bond acceptors (Lipinski definition) is 5. The molecule has 1 amide bonds. The van der Waals surface area contributed by atoms with Crippen molar-refractivity contribution in [2.24, 2.45) is 0 Å². The molecule has 1 aromatic heterocycles. The number of aromatic nitrogens is 1. The first-order valence-electron chi connectivity index (χ1n) is 8.00. The minimum Gasteiger partial charge on any atom is -0.352 e. The van der Waals surface area contributed by atoms with Crippen molar-refractivity contribution in [1.82, 2.24) is 10.3 Å². The van der Waals surface area contributed by atoms with E-state index in [1.54, 1.807) is 30.5 Å². The van der Waals surface area contributed by atoms with Gasteiger partial charge in [-0.2, -0.15) is 0 Å². The van der Waals surface area contributed by atoms with Gasteiger partial charge in [0, 0.05) is 29.6 Å². The van der Waals surface area contributed by atoms with E-state index in [4.69, 9.17) is 11.6 Å². The van der Waals surface area contributed by atoms with E-state index in [-0.39, 0.29) is 22.1 Å². The second-order valence-corrected chi connectivity index (χ2v) is 8.63. The second-order valence-electron chi connectivity index (χ2n) is 5.54. The first-order valence-corrected chi connectivity index (χ1v) is 10.7. The molecule has 140 valence electrons. The summed E-state index contributed by atoms with van der Waals surface area (Å²) in [5, 5.41) is 6.02. The molecular formula is C18H16ClN3O3S2. The van der Waals surface area contributed by atoms with Gasteiger partial charge in [-0.25, -0.2) is 13.4 Å². The van der Waals surface area contributed by atoms with E-state index < -0.39 is 10.0 Å². The molecule has 0 radical (unpaired) electrons. The number of rotatable bonds is 7. The lowest BCUT2D eigenvalue weighted by molar-refractivity contribution is 0.0955. The number of carbonyl (C=O) groups excluding carboxylic acids is 1. The zero-order valence-electron chi connectivity index (χ0n) is 14.1. The Kier molecular flexibility index (Phi) is 6.10. The molecule has 0 saturated heterocycles. The van der Waals surface area contributed by atoms with E-state index in [9.17, 15) is 13.2 Å². The Bertz CT molecular complexity index is 1020. The Morgan fingerprint density at radius 3 is 2.56 bits per heavy atom. The van der Waals surface area contributed by atoms with Gasteiger partial charge < -0.3 is 5.32 Å². The molecule has 27 heavy (non-hydrogen) atoms. The largest absolute Gasteiger partial charge is 0.352 e. The highest BCUT2D eigenvalue weighted by Crippen LogP contribution is 2.21. The van der Waals surface area contributed by atoms with Gasteiger partial charge in [0.05, 0.1) is 21.2 Å². The second kappa shape index (κ2) is 8.51. The maximum atomic E-state index is 12.6. The van der Waals surface area contributed by atoms with Gasteiger partial charge in [0.2, 0.25) is 0 Å². The summed E-state index contributed by atoms with van der Waals surface area (Å²) in [7, 11) is -3.84. The summed E-state index contributed by atoms with van der Waals surface area (Å²) in [6, 6.07) is 12.2. The number of amides is 1. The lowest BCUT2D eigenvalue weighted by Crippen LogP contribution is -2.27. The van der Waals surface area contributed by atoms with Gasteiger partial charge in [-0.3, -0.25) is 9.52 Å². The Morgan fingerprint density at radius 2 is 1.85 bits per heavy atom. The third-order valence-corrected chi connectivity index (χ3v) is 6.12. The zero-order chi connectivity index (χ0) is 19.3. The average Bonchev–Trinajstić information content (AvgIpc) is 3.15. The Hall–Kier alpha value is -2.42. The van der Waals surface area contributed by atoms with E-state index in [0.29, 0.717) is 18.0 Å². The van der Waals surface area contributed by atoms with Crippen LogP contribution in [0, 0.1) is 0 Å². The lowest BCUT2D eigenvalue weighted by atomic mass is 10.1. The topological polar surface area (TPSA) is 88.2 Å². The highest BCUT2D eigenvalue weighted by molar-refractivity contribution is 7.92. The third kappa shape index (κ3) is 5.06. The fourth-order valence-electron chi connectivity index (χ4n) is 2.34. The van der Waals surface area contributed by atoms with Crippen LogP contribution in [0.3, 0.4) is 0 Å². The van der Waals surface area contributed by atoms with Crippen molar-refractivity contribution in [3.63, 3.8) is 0 Å². The van der Waals surface area contributed by atoms with Crippen LogP contribution in [0.25, 0.3) is 0 Å². The van der Waals surface area contributed by atoms with Crippen molar-refractivity contribution in [3.05, 3.63) is 75.7 Å². The van der Waals surface area contributed by atoms with Crippen molar-refractivity contribution in [2.45, 2.75) is 11.3 Å². The molecule has 6 nitrogen and oxygen atoms in total. The Labute approximate surface area is 166 Å². The predicted molar refractivity (Wildman–Crippen MR) is 107 cm³/mol. The van der Waals surface area contributed by atoms with Crippen LogP contribution in [0.4, 0.5) is 5.69 Å². The van der Waals surface area contributed by atoms with Crippen molar-refractivity contribution in [1.29, 1.82) is 0 Å². The molecule has 2 aromatic carbocycles. The van der Waals surface area contributed by atoms with E-state index in [0.717, 1.165) is 5.01 Å². The molecule has 0 saturated carbocycles. The van der Waals surface area contributed by atoms with Gasteiger partial charge in [-0.15, -0.1) is 11.3 Å². The molecule has 0 aliphatic rings. The quantitative estimate of drug-likeness (QED) is 0.610. The SMILES string of the molecule is O=C(NCCc1nccs1)c1ccccc1NS(=O)(=O)c1ccc(Cl)cc1. The smallest absolute Gasteiger partial charge is 0.261 e. The molecule has 0 unspecified atom stereocenters. The first kappa shape index (κ1) is 19.3. The number of benzene rings is 2. The summed E-state index contributed by atoms with van der Waals surface area (Å²) in [5.41, 5.74) is 0.452. The minimum atomic E-state index is -3.84. The molecule has 2 N–H and O–H groups in total. The molecule has 3 rings (SSSR count). The summed E-state index contributed by atoms with van der Waals surface area (Å²) in [4.78, 5) is 16.7. The number of para-hydroxylation sites is 1. The molecule has 3 aromatic rings. The number of nitrogens with one attached hydrogen (secondary N) is 2. The van der Waals surface area contributed by atoms with Gasteiger partial charge in [0.15, 0.2) is 0 Å². The van der Waals surface area contributed by atoms with E-state index in [2.05, 4.69) is 15.0 Å². The van der Waals surface area contributed by atoms with Crippen LogP contribution >= 0.6 is 22.9 Å². The van der Waals surface area contributed by atoms with Gasteiger partial charge in [-0.05, 0) is 36.4 Å². The highest BCUT2D eigenvalue weighted by atomic mass is 35.5. The number of anilines is 1. The molecule has 0 bridgehead atoms. The molecule has 0 aliphatic heterocycles. The van der Waals surface area contributed by atoms with Gasteiger partial charge in [0.1, 0.15) is 0 Å². The molecule has 0 spiro atoms. The summed E-state index contributed by atoms with van der Waals surface area (Å²) in [6.45, 7) is 0.407. The summed E-state index contributed by atoms with van der Waals surface area (Å²) in [5.74, 6) is -0.360. The minimum absolute atomic E-state index is 0.0610. The van der Waals surface area contributed by atoms with Crippen molar-refractivity contribution < 1.29 is 13.2 Å². The molecule has 0 atom stereocenters. The number of hydrogen-bond donors (Lipinski definition) is 2. The fraction of sp³-hybridized carbons (Fsp3) is 0.111. The van der Waals surface area contributed by atoms with Crippen molar-refractivity contribution in [3.8, 4) is 0 Å². The molecule has 1 heterocycles. The van der Waals surface area contributed by atoms with Gasteiger partial charge >= 0.3 is 0 Å². The summed E-state index contributed by atoms with van der Waals surface area (Å²) >= 11 is 7.32. The zero-order valence-corrected chi connectivity index (χ0v) is 16.4. The number of nitrogens with zero attached hydrogens (tertiary/aromatic N) is 1. The van der Waals surface area contributed by atoms with Crippen LogP contribution in [-0.2, 0) is 16.4 Å². The normalized spacial score (nSPS) is 11.1. The van der Waals surface area contributed by atoms with E-state index in [1.165, 1.54) is 35.6 Å². The Balaban J connectivity index is 1.73. The maximum Gasteiger partial charge on any atom is 0.261 e. The van der Waals surface area contributed by atoms with E-state index in [1.807, 2.05) is 5.38 Å². The van der Waals surface area contributed by atoms with Crippen LogP contribution in [-0.4, -0.2) is 25.9 Å². The fourth-order valence-corrected chi connectivity index (χ4v) is 4.17. The summed E-state index contributed by atoms with van der Waals surface area (Å²) in [6.07, 6.45) is 2.32. The number of thiazole rings is 1. The first-order chi connectivity index (χ1) is 13.0. The molecule has 0 aliphatic carbocycles. The summed E-state index contributed by atoms with van der Waals surface area (Å²) < 4.78 is 27.6. The predicted octanol–water partition coefficient (Wildman–Crippen LogP) is 3.57. The molecular weight excluding hydrogens is 406 g/mol. The standard InChI is InChI=1S/C18H16ClN3O3S2/c19-13-5-7-14(8-6-13)27(24,25)22-16-4-2-1-3-15(16)18(23)21-10-9-17-20-11-12-26-17/h1-8,11-12,22H,9-10H2,(H,21,23). The number of carbonyl (C=O) groups is 1. The van der Waals surface area contributed by atoms with Crippen molar-refractivity contribution >= 4 is 44.6 Å². The molecule has 0 fully saturated rings. The lowest BCUT2D eigenvalue weighted by Gasteiger charge is -2.12. The maximum absolute atomic E-state index is 12.6. The molecule has 9 heteroatoms. The van der Waals surface area contributed by atoms with Crippen LogP contribution in [0.15, 0.2) is 65.0 Å². The average molecular weight is 422 g/mol. The highest BCUT2D eigenvalue weighted by Gasteiger charge is 2.18. The number of sulfonamides is 1. The number of halogens is 1. The van der Waals surface area contributed by atoms with Crippen molar-refractivity contribution in [2.75, 3.05) is 11.3 Å². The van der Waals surface area contributed by atoms with Crippen LogP contribution in [0.2, 0.25) is 5.02 Å². The van der Waals surface area contributed by atoms with Gasteiger partial charge in [-0.1, -0.05) is 23.7 Å². The van der Waals surface area contributed by atoms with Crippen LogP contribution < -0.4 is 10.0 Å².